The predicted octanol–water partition coefficient (Wildman–Crippen LogP) is 2.53. The van der Waals surface area contributed by atoms with Crippen LogP contribution in [0.3, 0.4) is 0 Å². The van der Waals surface area contributed by atoms with E-state index < -0.39 is 5.82 Å². The Morgan fingerprint density at radius 1 is 1.53 bits per heavy atom. The first-order valence-corrected chi connectivity index (χ1v) is 5.76. The molecule has 0 saturated heterocycles. The molecule has 0 aromatic heterocycles. The maximum Gasteiger partial charge on any atom is 0.255 e. The summed E-state index contributed by atoms with van der Waals surface area (Å²) in [5, 5.41) is 0. The summed E-state index contributed by atoms with van der Waals surface area (Å²) in [6.45, 7) is 4.83. The van der Waals surface area contributed by atoms with E-state index in [0.717, 1.165) is 6.42 Å². The minimum atomic E-state index is -0.427. The maximum atomic E-state index is 12.9. The van der Waals surface area contributed by atoms with Gasteiger partial charge in [-0.3, -0.25) is 4.79 Å². The lowest BCUT2D eigenvalue weighted by atomic mass is 10.1. The van der Waals surface area contributed by atoms with E-state index >= 15 is 0 Å². The fourth-order valence-corrected chi connectivity index (χ4v) is 1.61. The third kappa shape index (κ3) is 3.44. The summed E-state index contributed by atoms with van der Waals surface area (Å²) in [5.41, 5.74) is 6.18. The van der Waals surface area contributed by atoms with Crippen molar-refractivity contribution in [1.29, 1.82) is 0 Å². The van der Waals surface area contributed by atoms with Gasteiger partial charge in [0.1, 0.15) is 5.82 Å². The van der Waals surface area contributed by atoms with Gasteiger partial charge in [-0.2, -0.15) is 0 Å². The Kier molecular flexibility index (Phi) is 4.49. The molecule has 2 N–H and O–H groups in total. The standard InChI is InChI=1S/C13H19FN2O/c1-4-9(2)8-16(3)13(17)11-6-5-10(14)7-12(11)15/h5-7,9H,4,8,15H2,1-3H3. The van der Waals surface area contributed by atoms with Crippen molar-refractivity contribution in [2.24, 2.45) is 5.92 Å². The molecule has 0 heterocycles. The Morgan fingerprint density at radius 2 is 2.18 bits per heavy atom. The van der Waals surface area contributed by atoms with E-state index in [2.05, 4.69) is 13.8 Å². The number of carbonyl (C=O) groups excluding carboxylic acids is 1. The average Bonchev–Trinajstić information content (AvgIpc) is 2.28. The summed E-state index contributed by atoms with van der Waals surface area (Å²) in [6, 6.07) is 3.85. The molecule has 0 saturated carbocycles. The molecule has 1 atom stereocenters. The quantitative estimate of drug-likeness (QED) is 0.819. The highest BCUT2D eigenvalue weighted by Crippen LogP contribution is 2.16. The molecule has 3 nitrogen and oxygen atoms in total. The lowest BCUT2D eigenvalue weighted by Crippen LogP contribution is -2.31. The second-order valence-electron chi connectivity index (χ2n) is 4.43. The molecule has 0 aliphatic rings. The van der Waals surface area contributed by atoms with Crippen LogP contribution >= 0.6 is 0 Å². The lowest BCUT2D eigenvalue weighted by Gasteiger charge is -2.21. The Hall–Kier alpha value is -1.58. The second kappa shape index (κ2) is 5.66. The van der Waals surface area contributed by atoms with Gasteiger partial charge in [-0.15, -0.1) is 0 Å². The molecule has 1 unspecified atom stereocenters. The third-order valence-corrected chi connectivity index (χ3v) is 2.87. The summed E-state index contributed by atoms with van der Waals surface area (Å²) < 4.78 is 12.9. The van der Waals surface area contributed by atoms with E-state index in [4.69, 9.17) is 5.73 Å². The van der Waals surface area contributed by atoms with Crippen LogP contribution < -0.4 is 5.73 Å². The number of amides is 1. The highest BCUT2D eigenvalue weighted by atomic mass is 19.1. The molecule has 94 valence electrons. The number of halogens is 1. The number of hydrogen-bond donors (Lipinski definition) is 1. The second-order valence-corrected chi connectivity index (χ2v) is 4.43. The van der Waals surface area contributed by atoms with E-state index in [-0.39, 0.29) is 11.6 Å². The van der Waals surface area contributed by atoms with Gasteiger partial charge in [0.05, 0.1) is 5.56 Å². The minimum Gasteiger partial charge on any atom is -0.398 e. The molecule has 17 heavy (non-hydrogen) atoms. The fraction of sp³-hybridized carbons (Fsp3) is 0.462. The maximum absolute atomic E-state index is 12.9. The first-order chi connectivity index (χ1) is 7.95. The summed E-state index contributed by atoms with van der Waals surface area (Å²) in [4.78, 5) is 13.7. The van der Waals surface area contributed by atoms with Crippen LogP contribution in [0.2, 0.25) is 0 Å². The minimum absolute atomic E-state index is 0.164. The van der Waals surface area contributed by atoms with Gasteiger partial charge in [-0.1, -0.05) is 20.3 Å². The molecule has 0 bridgehead atoms. The van der Waals surface area contributed by atoms with Crippen LogP contribution in [0.25, 0.3) is 0 Å². The van der Waals surface area contributed by atoms with Crippen LogP contribution in [-0.2, 0) is 0 Å². The van der Waals surface area contributed by atoms with Gasteiger partial charge < -0.3 is 10.6 Å². The van der Waals surface area contributed by atoms with Crippen LogP contribution in [0.1, 0.15) is 30.6 Å². The van der Waals surface area contributed by atoms with Crippen molar-refractivity contribution in [1.82, 2.24) is 4.90 Å². The molecule has 1 rings (SSSR count). The largest absolute Gasteiger partial charge is 0.398 e. The van der Waals surface area contributed by atoms with Gasteiger partial charge in [0.15, 0.2) is 0 Å². The lowest BCUT2D eigenvalue weighted by molar-refractivity contribution is 0.0776. The fourth-order valence-electron chi connectivity index (χ4n) is 1.61. The predicted molar refractivity (Wildman–Crippen MR) is 67.2 cm³/mol. The van der Waals surface area contributed by atoms with Crippen LogP contribution in [0.15, 0.2) is 18.2 Å². The number of hydrogen-bond acceptors (Lipinski definition) is 2. The normalized spacial score (nSPS) is 12.2. The first-order valence-electron chi connectivity index (χ1n) is 5.76. The average molecular weight is 238 g/mol. The zero-order valence-corrected chi connectivity index (χ0v) is 10.5. The third-order valence-electron chi connectivity index (χ3n) is 2.87. The Balaban J connectivity index is 2.81. The molecular formula is C13H19FN2O. The highest BCUT2D eigenvalue weighted by Gasteiger charge is 2.16. The Labute approximate surface area is 101 Å². The molecule has 1 amide bonds. The number of nitrogens with zero attached hydrogens (tertiary/aromatic N) is 1. The summed E-state index contributed by atoms with van der Waals surface area (Å²) >= 11 is 0. The van der Waals surface area contributed by atoms with E-state index in [9.17, 15) is 9.18 Å². The van der Waals surface area contributed by atoms with Crippen molar-refractivity contribution >= 4 is 11.6 Å². The number of rotatable bonds is 4. The van der Waals surface area contributed by atoms with E-state index in [1.54, 1.807) is 11.9 Å². The van der Waals surface area contributed by atoms with Crippen molar-refractivity contribution in [3.63, 3.8) is 0 Å². The monoisotopic (exact) mass is 238 g/mol. The summed E-state index contributed by atoms with van der Waals surface area (Å²) in [6.07, 6.45) is 1.01. The molecular weight excluding hydrogens is 219 g/mol. The molecule has 4 heteroatoms. The van der Waals surface area contributed by atoms with Gasteiger partial charge in [0, 0.05) is 19.3 Å². The molecule has 0 radical (unpaired) electrons. The molecule has 1 aromatic rings. The molecule has 0 spiro atoms. The highest BCUT2D eigenvalue weighted by molar-refractivity contribution is 5.98. The molecule has 0 fully saturated rings. The number of benzene rings is 1. The Bertz CT molecular complexity index is 406. The molecule has 0 aliphatic heterocycles. The first kappa shape index (κ1) is 13.5. The summed E-state index contributed by atoms with van der Waals surface area (Å²) in [5.74, 6) is -0.156. The SMILES string of the molecule is CCC(C)CN(C)C(=O)c1ccc(F)cc1N. The van der Waals surface area contributed by atoms with Crippen molar-refractivity contribution in [2.75, 3.05) is 19.3 Å². The van der Waals surface area contributed by atoms with Crippen molar-refractivity contribution in [3.8, 4) is 0 Å². The van der Waals surface area contributed by atoms with E-state index in [0.29, 0.717) is 18.0 Å². The topological polar surface area (TPSA) is 46.3 Å². The number of carbonyl (C=O) groups is 1. The van der Waals surface area contributed by atoms with Crippen molar-refractivity contribution in [2.45, 2.75) is 20.3 Å². The number of anilines is 1. The van der Waals surface area contributed by atoms with E-state index in [1.807, 2.05) is 0 Å². The van der Waals surface area contributed by atoms with Crippen molar-refractivity contribution < 1.29 is 9.18 Å². The van der Waals surface area contributed by atoms with Crippen LogP contribution in [-0.4, -0.2) is 24.4 Å². The zero-order chi connectivity index (χ0) is 13.0. The van der Waals surface area contributed by atoms with Crippen LogP contribution in [0.5, 0.6) is 0 Å². The van der Waals surface area contributed by atoms with Gasteiger partial charge >= 0.3 is 0 Å². The summed E-state index contributed by atoms with van der Waals surface area (Å²) in [7, 11) is 1.73. The Morgan fingerprint density at radius 3 is 2.71 bits per heavy atom. The number of nitrogen functional groups attached to an aromatic ring is 1. The smallest absolute Gasteiger partial charge is 0.255 e. The van der Waals surface area contributed by atoms with Gasteiger partial charge in [0.2, 0.25) is 0 Å². The molecule has 1 aromatic carbocycles. The number of nitrogens with two attached hydrogens (primary N) is 1. The van der Waals surface area contributed by atoms with Crippen LogP contribution in [0, 0.1) is 11.7 Å². The zero-order valence-electron chi connectivity index (χ0n) is 10.5. The van der Waals surface area contributed by atoms with Crippen molar-refractivity contribution in [3.05, 3.63) is 29.6 Å². The van der Waals surface area contributed by atoms with Gasteiger partial charge in [0.25, 0.3) is 5.91 Å². The molecule has 0 aliphatic carbocycles. The van der Waals surface area contributed by atoms with Gasteiger partial charge in [-0.25, -0.2) is 4.39 Å². The van der Waals surface area contributed by atoms with Crippen LogP contribution in [0.4, 0.5) is 10.1 Å². The van der Waals surface area contributed by atoms with Gasteiger partial charge in [-0.05, 0) is 24.1 Å². The van der Waals surface area contributed by atoms with E-state index in [1.165, 1.54) is 18.2 Å².